The number of halogens is 4. The summed E-state index contributed by atoms with van der Waals surface area (Å²) in [6.45, 7) is 0. The Hall–Kier alpha value is -0.750. The SMILES string of the molecule is O=S(=O)(Cl)Cc1ccc(C(F)F)c(F)c1. The summed E-state index contributed by atoms with van der Waals surface area (Å²) >= 11 is 0. The lowest BCUT2D eigenvalue weighted by Crippen LogP contribution is -1.98. The maximum atomic E-state index is 13.0. The van der Waals surface area contributed by atoms with Crippen molar-refractivity contribution in [2.45, 2.75) is 12.2 Å². The minimum atomic E-state index is -3.81. The Morgan fingerprint density at radius 2 is 1.93 bits per heavy atom. The minimum absolute atomic E-state index is 0.0342. The van der Waals surface area contributed by atoms with E-state index in [1.54, 1.807) is 0 Å². The summed E-state index contributed by atoms with van der Waals surface area (Å²) in [4.78, 5) is 0. The van der Waals surface area contributed by atoms with Gasteiger partial charge in [0, 0.05) is 10.7 Å². The Balaban J connectivity index is 3.02. The summed E-state index contributed by atoms with van der Waals surface area (Å²) in [7, 11) is 1.12. The highest BCUT2D eigenvalue weighted by molar-refractivity contribution is 8.13. The van der Waals surface area contributed by atoms with Crippen molar-refractivity contribution in [3.63, 3.8) is 0 Å². The molecule has 0 N–H and O–H groups in total. The van der Waals surface area contributed by atoms with Gasteiger partial charge in [-0.2, -0.15) is 0 Å². The first-order valence-electron chi connectivity index (χ1n) is 3.78. The molecule has 0 saturated heterocycles. The third-order valence-electron chi connectivity index (χ3n) is 1.64. The maximum Gasteiger partial charge on any atom is 0.266 e. The van der Waals surface area contributed by atoms with E-state index in [9.17, 15) is 21.6 Å². The Labute approximate surface area is 89.1 Å². The second kappa shape index (κ2) is 4.40. The lowest BCUT2D eigenvalue weighted by Gasteiger charge is -2.03. The van der Waals surface area contributed by atoms with Crippen LogP contribution in [0.4, 0.5) is 13.2 Å². The molecule has 0 saturated carbocycles. The highest BCUT2D eigenvalue weighted by atomic mass is 35.7. The lowest BCUT2D eigenvalue weighted by molar-refractivity contribution is 0.146. The summed E-state index contributed by atoms with van der Waals surface area (Å²) in [6.07, 6.45) is -2.92. The van der Waals surface area contributed by atoms with Gasteiger partial charge in [0.25, 0.3) is 6.43 Å². The van der Waals surface area contributed by atoms with Gasteiger partial charge in [0.15, 0.2) is 0 Å². The summed E-state index contributed by atoms with van der Waals surface area (Å²) in [6, 6.07) is 2.68. The van der Waals surface area contributed by atoms with Crippen molar-refractivity contribution in [2.24, 2.45) is 0 Å². The van der Waals surface area contributed by atoms with E-state index < -0.39 is 32.6 Å². The Morgan fingerprint density at radius 3 is 2.33 bits per heavy atom. The largest absolute Gasteiger partial charge is 0.266 e. The first-order chi connectivity index (χ1) is 6.79. The van der Waals surface area contributed by atoms with Crippen molar-refractivity contribution in [2.75, 3.05) is 0 Å². The molecule has 0 aliphatic heterocycles. The van der Waals surface area contributed by atoms with Crippen LogP contribution in [0.1, 0.15) is 17.6 Å². The molecule has 2 nitrogen and oxygen atoms in total. The van der Waals surface area contributed by atoms with E-state index in [0.717, 1.165) is 18.2 Å². The van der Waals surface area contributed by atoms with Crippen molar-refractivity contribution in [3.05, 3.63) is 35.1 Å². The summed E-state index contributed by atoms with van der Waals surface area (Å²) < 4.78 is 58.4. The molecule has 0 fully saturated rings. The molecule has 1 aromatic rings. The molecule has 1 rings (SSSR count). The van der Waals surface area contributed by atoms with Crippen molar-refractivity contribution >= 4 is 19.7 Å². The van der Waals surface area contributed by atoms with E-state index in [0.29, 0.717) is 0 Å². The Morgan fingerprint density at radius 1 is 1.33 bits per heavy atom. The van der Waals surface area contributed by atoms with Crippen LogP contribution in [0, 0.1) is 5.82 Å². The second-order valence-corrected chi connectivity index (χ2v) is 5.62. The quantitative estimate of drug-likeness (QED) is 0.782. The molecule has 0 bridgehead atoms. The zero-order valence-corrected chi connectivity index (χ0v) is 8.83. The van der Waals surface area contributed by atoms with Crippen LogP contribution in [0.2, 0.25) is 0 Å². The molecule has 7 heteroatoms. The molecule has 0 aliphatic rings. The average molecular weight is 259 g/mol. The summed E-state index contributed by atoms with van der Waals surface area (Å²) in [5, 5.41) is 0. The van der Waals surface area contributed by atoms with E-state index >= 15 is 0 Å². The second-order valence-electron chi connectivity index (χ2n) is 2.84. The molecule has 0 heterocycles. The van der Waals surface area contributed by atoms with Crippen LogP contribution in [0.5, 0.6) is 0 Å². The number of alkyl halides is 2. The summed E-state index contributed by atoms with van der Waals surface area (Å²) in [5.74, 6) is -1.72. The molecule has 0 unspecified atom stereocenters. The average Bonchev–Trinajstić information content (AvgIpc) is 1.99. The fourth-order valence-corrected chi connectivity index (χ4v) is 1.99. The lowest BCUT2D eigenvalue weighted by atomic mass is 10.1. The molecular formula is C8H6ClF3O2S. The molecule has 1 aromatic carbocycles. The van der Waals surface area contributed by atoms with Crippen LogP contribution in [0.15, 0.2) is 18.2 Å². The maximum absolute atomic E-state index is 13.0. The van der Waals surface area contributed by atoms with Crippen molar-refractivity contribution < 1.29 is 21.6 Å². The number of rotatable bonds is 3. The van der Waals surface area contributed by atoms with Crippen LogP contribution >= 0.6 is 10.7 Å². The topological polar surface area (TPSA) is 34.1 Å². The zero-order chi connectivity index (χ0) is 11.6. The third-order valence-corrected chi connectivity index (χ3v) is 2.64. The fraction of sp³-hybridized carbons (Fsp3) is 0.250. The monoisotopic (exact) mass is 258 g/mol. The number of hydrogen-bond donors (Lipinski definition) is 0. The standard InChI is InChI=1S/C8H6ClF3O2S/c9-15(13,14)4-5-1-2-6(8(11)12)7(10)3-5/h1-3,8H,4H2. The van der Waals surface area contributed by atoms with Gasteiger partial charge >= 0.3 is 0 Å². The first-order valence-corrected chi connectivity index (χ1v) is 6.26. The van der Waals surface area contributed by atoms with E-state index in [1.807, 2.05) is 0 Å². The van der Waals surface area contributed by atoms with Gasteiger partial charge in [0.1, 0.15) is 5.82 Å². The molecule has 0 radical (unpaired) electrons. The predicted molar refractivity (Wildman–Crippen MR) is 49.8 cm³/mol. The molecule has 0 aromatic heterocycles. The molecule has 84 valence electrons. The van der Waals surface area contributed by atoms with Gasteiger partial charge in [-0.3, -0.25) is 0 Å². The molecule has 0 amide bonds. The van der Waals surface area contributed by atoms with Gasteiger partial charge in [0.2, 0.25) is 9.05 Å². The molecule has 0 spiro atoms. The third kappa shape index (κ3) is 3.71. The predicted octanol–water partition coefficient (Wildman–Crippen LogP) is 2.83. The van der Waals surface area contributed by atoms with Crippen molar-refractivity contribution in [3.8, 4) is 0 Å². The molecule has 0 aliphatic carbocycles. The van der Waals surface area contributed by atoms with Crippen LogP contribution in [0.3, 0.4) is 0 Å². The van der Waals surface area contributed by atoms with Crippen LogP contribution in [-0.4, -0.2) is 8.42 Å². The fourth-order valence-electron chi connectivity index (χ4n) is 1.04. The van der Waals surface area contributed by atoms with Gasteiger partial charge in [-0.05, 0) is 11.6 Å². The van der Waals surface area contributed by atoms with Crippen molar-refractivity contribution in [1.82, 2.24) is 0 Å². The van der Waals surface area contributed by atoms with Crippen LogP contribution < -0.4 is 0 Å². The zero-order valence-electron chi connectivity index (χ0n) is 7.25. The van der Waals surface area contributed by atoms with Crippen LogP contribution in [0.25, 0.3) is 0 Å². The van der Waals surface area contributed by atoms with Gasteiger partial charge in [0.05, 0.1) is 11.3 Å². The smallest absolute Gasteiger partial charge is 0.212 e. The first kappa shape index (κ1) is 12.3. The molecular weight excluding hydrogens is 253 g/mol. The summed E-state index contributed by atoms with van der Waals surface area (Å²) in [5.41, 5.74) is -0.724. The normalized spacial score (nSPS) is 12.1. The number of hydrogen-bond acceptors (Lipinski definition) is 2. The van der Waals surface area contributed by atoms with E-state index in [1.165, 1.54) is 0 Å². The van der Waals surface area contributed by atoms with Crippen molar-refractivity contribution in [1.29, 1.82) is 0 Å². The van der Waals surface area contributed by atoms with E-state index in [4.69, 9.17) is 10.7 Å². The van der Waals surface area contributed by atoms with Gasteiger partial charge < -0.3 is 0 Å². The van der Waals surface area contributed by atoms with Crippen LogP contribution in [-0.2, 0) is 14.8 Å². The highest BCUT2D eigenvalue weighted by Crippen LogP contribution is 2.23. The number of benzene rings is 1. The van der Waals surface area contributed by atoms with E-state index in [-0.39, 0.29) is 5.56 Å². The molecule has 15 heavy (non-hydrogen) atoms. The highest BCUT2D eigenvalue weighted by Gasteiger charge is 2.15. The van der Waals surface area contributed by atoms with Gasteiger partial charge in [-0.15, -0.1) is 0 Å². The Bertz CT molecular complexity index is 459. The van der Waals surface area contributed by atoms with E-state index in [2.05, 4.69) is 0 Å². The molecule has 0 atom stereocenters. The van der Waals surface area contributed by atoms with Gasteiger partial charge in [-0.25, -0.2) is 21.6 Å². The Kier molecular flexibility index (Phi) is 3.62. The minimum Gasteiger partial charge on any atom is -0.212 e. The van der Waals surface area contributed by atoms with Gasteiger partial charge in [-0.1, -0.05) is 12.1 Å².